The summed E-state index contributed by atoms with van der Waals surface area (Å²) in [6.07, 6.45) is 3.82. The van der Waals surface area contributed by atoms with Crippen molar-refractivity contribution >= 4 is 5.95 Å². The van der Waals surface area contributed by atoms with Gasteiger partial charge >= 0.3 is 0 Å². The van der Waals surface area contributed by atoms with Crippen molar-refractivity contribution in [3.63, 3.8) is 0 Å². The molecular formula is C15H26N4O. The number of ether oxygens (including phenoxy) is 1. The van der Waals surface area contributed by atoms with Crippen LogP contribution in [0.2, 0.25) is 0 Å². The smallest absolute Gasteiger partial charge is 0.229 e. The predicted molar refractivity (Wildman–Crippen MR) is 81.4 cm³/mol. The zero-order valence-electron chi connectivity index (χ0n) is 13.0. The standard InChI is InChI=1S/C15H26N4O/c1-11(2)19(10-13-7-5-6-8-16-13)15-17-12(3)9-14(18-15)20-4/h9,11,13,16H,5-8,10H2,1-4H3. The first-order chi connectivity index (χ1) is 9.60. The Labute approximate surface area is 121 Å². The van der Waals surface area contributed by atoms with Crippen LogP contribution in [-0.4, -0.2) is 42.3 Å². The number of anilines is 1. The highest BCUT2D eigenvalue weighted by molar-refractivity contribution is 5.35. The Bertz CT molecular complexity index is 430. The molecule has 112 valence electrons. The van der Waals surface area contributed by atoms with Crippen molar-refractivity contribution in [3.05, 3.63) is 11.8 Å². The molecule has 5 nitrogen and oxygen atoms in total. The summed E-state index contributed by atoms with van der Waals surface area (Å²) in [7, 11) is 1.65. The first kappa shape index (κ1) is 15.0. The molecule has 0 aromatic carbocycles. The molecule has 5 heteroatoms. The van der Waals surface area contributed by atoms with Crippen LogP contribution in [0.1, 0.15) is 38.8 Å². The minimum atomic E-state index is 0.366. The maximum atomic E-state index is 5.26. The van der Waals surface area contributed by atoms with E-state index in [1.807, 2.05) is 13.0 Å². The van der Waals surface area contributed by atoms with Crippen LogP contribution >= 0.6 is 0 Å². The number of aryl methyl sites for hydroxylation is 1. The number of aromatic nitrogens is 2. The molecule has 0 aliphatic carbocycles. The van der Waals surface area contributed by atoms with E-state index in [0.29, 0.717) is 18.0 Å². The van der Waals surface area contributed by atoms with Gasteiger partial charge in [0.15, 0.2) is 0 Å². The van der Waals surface area contributed by atoms with Crippen LogP contribution in [0.5, 0.6) is 5.88 Å². The minimum Gasteiger partial charge on any atom is -0.481 e. The lowest BCUT2D eigenvalue weighted by atomic mass is 10.0. The fraction of sp³-hybridized carbons (Fsp3) is 0.733. The molecule has 0 amide bonds. The molecule has 1 saturated heterocycles. The van der Waals surface area contributed by atoms with Crippen LogP contribution < -0.4 is 15.0 Å². The van der Waals surface area contributed by atoms with Gasteiger partial charge in [-0.05, 0) is 40.2 Å². The molecule has 1 aromatic heterocycles. The Kier molecular flexibility index (Phi) is 5.17. The van der Waals surface area contributed by atoms with Crippen molar-refractivity contribution in [2.24, 2.45) is 0 Å². The van der Waals surface area contributed by atoms with Crippen molar-refractivity contribution in [3.8, 4) is 5.88 Å². The van der Waals surface area contributed by atoms with Crippen molar-refractivity contribution in [1.82, 2.24) is 15.3 Å². The van der Waals surface area contributed by atoms with E-state index in [0.717, 1.165) is 24.7 Å². The van der Waals surface area contributed by atoms with Gasteiger partial charge in [-0.25, -0.2) is 4.98 Å². The predicted octanol–water partition coefficient (Wildman–Crippen LogP) is 2.15. The van der Waals surface area contributed by atoms with Gasteiger partial charge in [0.2, 0.25) is 11.8 Å². The summed E-state index contributed by atoms with van der Waals surface area (Å²) < 4.78 is 5.26. The fourth-order valence-electron chi connectivity index (χ4n) is 2.60. The van der Waals surface area contributed by atoms with Gasteiger partial charge in [0.25, 0.3) is 0 Å². The van der Waals surface area contributed by atoms with Gasteiger partial charge in [0.05, 0.1) is 7.11 Å². The second kappa shape index (κ2) is 6.88. The highest BCUT2D eigenvalue weighted by atomic mass is 16.5. The summed E-state index contributed by atoms with van der Waals surface area (Å²) in [5, 5.41) is 3.59. The Balaban J connectivity index is 2.16. The zero-order chi connectivity index (χ0) is 14.5. The van der Waals surface area contributed by atoms with Crippen molar-refractivity contribution in [1.29, 1.82) is 0 Å². The molecule has 1 fully saturated rings. The van der Waals surface area contributed by atoms with Crippen LogP contribution in [0.3, 0.4) is 0 Å². The number of nitrogens with zero attached hydrogens (tertiary/aromatic N) is 3. The lowest BCUT2D eigenvalue weighted by Crippen LogP contribution is -2.46. The number of hydrogen-bond acceptors (Lipinski definition) is 5. The Morgan fingerprint density at radius 1 is 1.40 bits per heavy atom. The van der Waals surface area contributed by atoms with Crippen LogP contribution in [0, 0.1) is 6.92 Å². The van der Waals surface area contributed by atoms with Crippen molar-refractivity contribution in [2.75, 3.05) is 25.1 Å². The van der Waals surface area contributed by atoms with Crippen LogP contribution in [-0.2, 0) is 0 Å². The summed E-state index contributed by atoms with van der Waals surface area (Å²) in [5.74, 6) is 1.40. The Morgan fingerprint density at radius 3 is 2.80 bits per heavy atom. The maximum absolute atomic E-state index is 5.26. The number of piperidine rings is 1. The van der Waals surface area contributed by atoms with E-state index in [-0.39, 0.29) is 0 Å². The van der Waals surface area contributed by atoms with E-state index in [9.17, 15) is 0 Å². The third kappa shape index (κ3) is 3.82. The van der Waals surface area contributed by atoms with Crippen molar-refractivity contribution in [2.45, 2.75) is 52.1 Å². The highest BCUT2D eigenvalue weighted by Crippen LogP contribution is 2.19. The van der Waals surface area contributed by atoms with Gasteiger partial charge in [-0.2, -0.15) is 4.98 Å². The lowest BCUT2D eigenvalue weighted by molar-refractivity contribution is 0.384. The molecule has 1 aliphatic rings. The molecule has 20 heavy (non-hydrogen) atoms. The summed E-state index contributed by atoms with van der Waals surface area (Å²) >= 11 is 0. The van der Waals surface area contributed by atoms with E-state index in [1.165, 1.54) is 19.3 Å². The summed E-state index contributed by atoms with van der Waals surface area (Å²) in [5.41, 5.74) is 0.939. The Morgan fingerprint density at radius 2 is 2.20 bits per heavy atom. The normalized spacial score (nSPS) is 19.1. The number of rotatable bonds is 5. The third-order valence-corrected chi connectivity index (χ3v) is 3.74. The topological polar surface area (TPSA) is 50.3 Å². The highest BCUT2D eigenvalue weighted by Gasteiger charge is 2.21. The molecule has 1 atom stereocenters. The van der Waals surface area contributed by atoms with Crippen molar-refractivity contribution < 1.29 is 4.74 Å². The lowest BCUT2D eigenvalue weighted by Gasteiger charge is -2.33. The maximum Gasteiger partial charge on any atom is 0.229 e. The van der Waals surface area contributed by atoms with E-state index in [2.05, 4.69) is 34.0 Å². The molecule has 1 unspecified atom stereocenters. The molecule has 2 rings (SSSR count). The van der Waals surface area contributed by atoms with Gasteiger partial charge < -0.3 is 15.0 Å². The van der Waals surface area contributed by atoms with E-state index in [4.69, 9.17) is 4.74 Å². The first-order valence-electron chi connectivity index (χ1n) is 7.50. The quantitative estimate of drug-likeness (QED) is 0.894. The monoisotopic (exact) mass is 278 g/mol. The van der Waals surface area contributed by atoms with Gasteiger partial charge in [-0.1, -0.05) is 6.42 Å². The van der Waals surface area contributed by atoms with Gasteiger partial charge in [-0.15, -0.1) is 0 Å². The summed E-state index contributed by atoms with van der Waals surface area (Å²) in [6, 6.07) is 2.76. The Hall–Kier alpha value is -1.36. The number of nitrogens with one attached hydrogen (secondary N) is 1. The second-order valence-corrected chi connectivity index (χ2v) is 5.74. The SMILES string of the molecule is COc1cc(C)nc(N(CC2CCCCN2)C(C)C)n1. The molecule has 1 N–H and O–H groups in total. The van der Waals surface area contributed by atoms with Gasteiger partial charge in [-0.3, -0.25) is 0 Å². The second-order valence-electron chi connectivity index (χ2n) is 5.74. The summed E-state index contributed by atoms with van der Waals surface area (Å²) in [6.45, 7) is 8.41. The molecule has 0 saturated carbocycles. The summed E-state index contributed by atoms with van der Waals surface area (Å²) in [4.78, 5) is 11.3. The molecule has 0 bridgehead atoms. The molecule has 0 radical (unpaired) electrons. The molecular weight excluding hydrogens is 252 g/mol. The fourth-order valence-corrected chi connectivity index (χ4v) is 2.60. The van der Waals surface area contributed by atoms with Gasteiger partial charge in [0, 0.05) is 30.4 Å². The molecule has 0 spiro atoms. The van der Waals surface area contributed by atoms with Crippen LogP contribution in [0.25, 0.3) is 0 Å². The third-order valence-electron chi connectivity index (χ3n) is 3.74. The average molecular weight is 278 g/mol. The van der Waals surface area contributed by atoms with E-state index < -0.39 is 0 Å². The van der Waals surface area contributed by atoms with E-state index in [1.54, 1.807) is 7.11 Å². The molecule has 1 aliphatic heterocycles. The number of hydrogen-bond donors (Lipinski definition) is 1. The van der Waals surface area contributed by atoms with Crippen LogP contribution in [0.4, 0.5) is 5.95 Å². The van der Waals surface area contributed by atoms with E-state index >= 15 is 0 Å². The molecule has 1 aromatic rings. The minimum absolute atomic E-state index is 0.366. The number of methoxy groups -OCH3 is 1. The largest absolute Gasteiger partial charge is 0.481 e. The first-order valence-corrected chi connectivity index (χ1v) is 7.50. The molecule has 2 heterocycles. The van der Waals surface area contributed by atoms with Crippen LogP contribution in [0.15, 0.2) is 6.07 Å². The zero-order valence-corrected chi connectivity index (χ0v) is 13.0. The van der Waals surface area contributed by atoms with Gasteiger partial charge in [0.1, 0.15) is 0 Å². The average Bonchev–Trinajstić information content (AvgIpc) is 2.44.